The van der Waals surface area contributed by atoms with E-state index >= 15 is 0 Å². The summed E-state index contributed by atoms with van der Waals surface area (Å²) in [7, 11) is 0. The molecule has 1 atom stereocenters. The Morgan fingerprint density at radius 1 is 1.21 bits per heavy atom. The minimum atomic E-state index is -0.610. The van der Waals surface area contributed by atoms with Crippen molar-refractivity contribution in [1.82, 2.24) is 19.7 Å². The summed E-state index contributed by atoms with van der Waals surface area (Å²) in [5.74, 6) is 0.702. The fourth-order valence-electron chi connectivity index (χ4n) is 3.34. The van der Waals surface area contributed by atoms with E-state index in [-0.39, 0.29) is 11.9 Å². The molecular formula is C21H29N5O3. The second-order valence-corrected chi connectivity index (χ2v) is 8.13. The summed E-state index contributed by atoms with van der Waals surface area (Å²) in [6.07, 6.45) is 2.53. The Hall–Kier alpha value is -2.90. The number of ether oxygens (including phenoxy) is 1. The molecule has 156 valence electrons. The number of amides is 2. The number of carbonyl (C=O) groups is 2. The smallest absolute Gasteiger partial charge is 0.410 e. The Morgan fingerprint density at radius 3 is 2.59 bits per heavy atom. The van der Waals surface area contributed by atoms with E-state index in [0.717, 1.165) is 24.4 Å². The van der Waals surface area contributed by atoms with Crippen LogP contribution in [0.25, 0.3) is 5.69 Å². The highest BCUT2D eigenvalue weighted by Crippen LogP contribution is 2.22. The van der Waals surface area contributed by atoms with E-state index in [1.54, 1.807) is 4.68 Å². The van der Waals surface area contributed by atoms with Gasteiger partial charge in [-0.15, -0.1) is 5.10 Å². The van der Waals surface area contributed by atoms with Gasteiger partial charge in [0.2, 0.25) is 11.9 Å². The van der Waals surface area contributed by atoms with Crippen LogP contribution < -0.4 is 5.32 Å². The van der Waals surface area contributed by atoms with E-state index in [4.69, 9.17) is 4.74 Å². The van der Waals surface area contributed by atoms with E-state index in [1.165, 1.54) is 4.90 Å². The first-order chi connectivity index (χ1) is 13.8. The van der Waals surface area contributed by atoms with Crippen molar-refractivity contribution in [2.75, 3.05) is 11.9 Å². The van der Waals surface area contributed by atoms with E-state index in [9.17, 15) is 9.59 Å². The van der Waals surface area contributed by atoms with Gasteiger partial charge in [-0.1, -0.05) is 25.1 Å². The molecule has 1 aromatic carbocycles. The molecule has 0 radical (unpaired) electrons. The highest BCUT2D eigenvalue weighted by Gasteiger charge is 2.35. The molecule has 2 heterocycles. The molecule has 0 spiro atoms. The van der Waals surface area contributed by atoms with Crippen molar-refractivity contribution in [3.63, 3.8) is 0 Å². The summed E-state index contributed by atoms with van der Waals surface area (Å²) in [6, 6.07) is 9.07. The molecule has 1 N–H and O–H groups in total. The van der Waals surface area contributed by atoms with Gasteiger partial charge in [-0.05, 0) is 52.2 Å². The topological polar surface area (TPSA) is 89.3 Å². The number of nitrogens with zero attached hydrogens (tertiary/aromatic N) is 4. The molecule has 1 unspecified atom stereocenters. The molecule has 29 heavy (non-hydrogen) atoms. The normalized spacial score (nSPS) is 17.1. The largest absolute Gasteiger partial charge is 0.444 e. The molecule has 2 aromatic rings. The molecule has 1 fully saturated rings. The van der Waals surface area contributed by atoms with Crippen LogP contribution in [-0.2, 0) is 16.0 Å². The van der Waals surface area contributed by atoms with Crippen molar-refractivity contribution in [1.29, 1.82) is 0 Å². The molecule has 3 rings (SSSR count). The molecule has 8 nitrogen and oxygen atoms in total. The lowest BCUT2D eigenvalue weighted by molar-refractivity contribution is -0.122. The van der Waals surface area contributed by atoms with E-state index in [0.29, 0.717) is 19.4 Å². The Kier molecular flexibility index (Phi) is 6.20. The SMILES string of the molecule is CCc1nc(NC(=O)C2CCCCN2C(=O)OC(C)(C)C)nn1-c1ccccc1. The third-order valence-corrected chi connectivity index (χ3v) is 4.66. The molecule has 1 saturated heterocycles. The second kappa shape index (κ2) is 8.63. The lowest BCUT2D eigenvalue weighted by Crippen LogP contribution is -2.51. The number of hydrogen-bond acceptors (Lipinski definition) is 5. The number of para-hydroxylation sites is 1. The highest BCUT2D eigenvalue weighted by atomic mass is 16.6. The van der Waals surface area contributed by atoms with Crippen molar-refractivity contribution in [2.24, 2.45) is 0 Å². The average molecular weight is 399 g/mol. The van der Waals surface area contributed by atoms with Crippen LogP contribution in [0.2, 0.25) is 0 Å². The molecule has 0 aliphatic carbocycles. The zero-order valence-corrected chi connectivity index (χ0v) is 17.5. The van der Waals surface area contributed by atoms with Gasteiger partial charge in [0.05, 0.1) is 5.69 Å². The molecule has 0 bridgehead atoms. The summed E-state index contributed by atoms with van der Waals surface area (Å²) in [6.45, 7) is 7.93. The number of piperidine rings is 1. The number of rotatable bonds is 4. The van der Waals surface area contributed by atoms with Crippen LogP contribution in [0.4, 0.5) is 10.7 Å². The fourth-order valence-corrected chi connectivity index (χ4v) is 3.34. The Bertz CT molecular complexity index is 857. The predicted octanol–water partition coefficient (Wildman–Crippen LogP) is 3.56. The molecular weight excluding hydrogens is 370 g/mol. The van der Waals surface area contributed by atoms with Gasteiger partial charge in [0.1, 0.15) is 17.5 Å². The van der Waals surface area contributed by atoms with Crippen molar-refractivity contribution >= 4 is 17.9 Å². The summed E-state index contributed by atoms with van der Waals surface area (Å²) < 4.78 is 7.20. The Labute approximate surface area is 171 Å². The summed E-state index contributed by atoms with van der Waals surface area (Å²) in [5, 5.41) is 7.25. The van der Waals surface area contributed by atoms with Gasteiger partial charge in [-0.3, -0.25) is 15.0 Å². The number of nitrogens with one attached hydrogen (secondary N) is 1. The number of benzene rings is 1. The molecule has 1 aliphatic rings. The maximum Gasteiger partial charge on any atom is 0.410 e. The molecule has 0 saturated carbocycles. The Morgan fingerprint density at radius 2 is 1.93 bits per heavy atom. The first-order valence-electron chi connectivity index (χ1n) is 10.1. The summed E-state index contributed by atoms with van der Waals surface area (Å²) in [5.41, 5.74) is 0.270. The zero-order valence-electron chi connectivity index (χ0n) is 17.5. The van der Waals surface area contributed by atoms with Crippen molar-refractivity contribution in [3.05, 3.63) is 36.2 Å². The van der Waals surface area contributed by atoms with Crippen molar-refractivity contribution < 1.29 is 14.3 Å². The maximum absolute atomic E-state index is 12.9. The maximum atomic E-state index is 12.9. The van der Waals surface area contributed by atoms with Crippen LogP contribution in [-0.4, -0.2) is 49.9 Å². The fraction of sp³-hybridized carbons (Fsp3) is 0.524. The number of hydrogen-bond donors (Lipinski definition) is 1. The second-order valence-electron chi connectivity index (χ2n) is 8.13. The monoisotopic (exact) mass is 399 g/mol. The van der Waals surface area contributed by atoms with E-state index in [1.807, 2.05) is 58.0 Å². The van der Waals surface area contributed by atoms with Gasteiger partial charge in [-0.25, -0.2) is 9.48 Å². The van der Waals surface area contributed by atoms with Gasteiger partial charge in [0.15, 0.2) is 0 Å². The summed E-state index contributed by atoms with van der Waals surface area (Å²) in [4.78, 5) is 31.5. The third-order valence-electron chi connectivity index (χ3n) is 4.66. The summed E-state index contributed by atoms with van der Waals surface area (Å²) >= 11 is 0. The Balaban J connectivity index is 1.76. The number of aromatic nitrogens is 3. The average Bonchev–Trinajstić information content (AvgIpc) is 3.10. The van der Waals surface area contributed by atoms with Crippen molar-refractivity contribution in [2.45, 2.75) is 65.0 Å². The minimum absolute atomic E-state index is 0.241. The van der Waals surface area contributed by atoms with E-state index < -0.39 is 17.7 Å². The van der Waals surface area contributed by atoms with Crippen LogP contribution in [0, 0.1) is 0 Å². The standard InChI is InChI=1S/C21H29N5O3/c1-5-17-22-19(24-26(17)15-11-7-6-8-12-15)23-18(27)16-13-9-10-14-25(16)20(28)29-21(2,3)4/h6-8,11-12,16H,5,9-10,13-14H2,1-4H3,(H,23,24,27). The van der Waals surface area contributed by atoms with Gasteiger partial charge in [0, 0.05) is 13.0 Å². The zero-order chi connectivity index (χ0) is 21.0. The third kappa shape index (κ3) is 5.13. The predicted molar refractivity (Wildman–Crippen MR) is 110 cm³/mol. The van der Waals surface area contributed by atoms with Gasteiger partial charge in [0.25, 0.3) is 0 Å². The quantitative estimate of drug-likeness (QED) is 0.849. The lowest BCUT2D eigenvalue weighted by atomic mass is 10.0. The molecule has 1 aliphatic heterocycles. The van der Waals surface area contributed by atoms with Gasteiger partial charge >= 0.3 is 6.09 Å². The van der Waals surface area contributed by atoms with Crippen LogP contribution in [0.3, 0.4) is 0 Å². The molecule has 1 aromatic heterocycles. The first kappa shape index (κ1) is 20.8. The van der Waals surface area contributed by atoms with Crippen LogP contribution in [0.1, 0.15) is 52.8 Å². The van der Waals surface area contributed by atoms with Gasteiger partial charge in [-0.2, -0.15) is 4.98 Å². The number of anilines is 1. The lowest BCUT2D eigenvalue weighted by Gasteiger charge is -2.35. The van der Waals surface area contributed by atoms with E-state index in [2.05, 4.69) is 15.4 Å². The van der Waals surface area contributed by atoms with Crippen LogP contribution in [0.15, 0.2) is 30.3 Å². The first-order valence-corrected chi connectivity index (χ1v) is 10.1. The minimum Gasteiger partial charge on any atom is -0.444 e. The number of aryl methyl sites for hydroxylation is 1. The highest BCUT2D eigenvalue weighted by molar-refractivity contribution is 5.95. The van der Waals surface area contributed by atoms with Crippen LogP contribution in [0.5, 0.6) is 0 Å². The van der Waals surface area contributed by atoms with Gasteiger partial charge < -0.3 is 4.74 Å². The molecule has 2 amide bonds. The van der Waals surface area contributed by atoms with Crippen LogP contribution >= 0.6 is 0 Å². The van der Waals surface area contributed by atoms with Crippen molar-refractivity contribution in [3.8, 4) is 5.69 Å². The number of carbonyl (C=O) groups excluding carboxylic acids is 2. The molecule has 8 heteroatoms. The number of likely N-dealkylation sites (tertiary alicyclic amines) is 1.